The number of nitrogen functional groups attached to an aromatic ring is 1. The summed E-state index contributed by atoms with van der Waals surface area (Å²) in [5.74, 6) is 0.723. The van der Waals surface area contributed by atoms with Crippen molar-refractivity contribution in [1.82, 2.24) is 4.98 Å². The molecule has 2 N–H and O–H groups in total. The second-order valence-corrected chi connectivity index (χ2v) is 4.09. The predicted octanol–water partition coefficient (Wildman–Crippen LogP) is 2.61. The van der Waals surface area contributed by atoms with Crippen molar-refractivity contribution in [2.75, 3.05) is 17.7 Å². The Balaban J connectivity index is 2.45. The fraction of sp³-hybridized carbons (Fsp3) is 0.143. The van der Waals surface area contributed by atoms with E-state index in [1.807, 2.05) is 43.1 Å². The number of nitrogens with two attached hydrogens (primary N) is 1. The maximum absolute atomic E-state index is 9.09. The van der Waals surface area contributed by atoms with Crippen molar-refractivity contribution in [2.24, 2.45) is 0 Å². The third-order valence-electron chi connectivity index (χ3n) is 2.86. The zero-order valence-electron chi connectivity index (χ0n) is 10.4. The average Bonchev–Trinajstić information content (AvgIpc) is 2.41. The highest BCUT2D eigenvalue weighted by molar-refractivity contribution is 5.68. The van der Waals surface area contributed by atoms with Gasteiger partial charge in [-0.15, -0.1) is 0 Å². The molecule has 0 unspecified atom stereocenters. The first-order valence-corrected chi connectivity index (χ1v) is 5.58. The number of benzene rings is 1. The van der Waals surface area contributed by atoms with E-state index in [0.29, 0.717) is 11.3 Å². The molecule has 4 nitrogen and oxygen atoms in total. The van der Waals surface area contributed by atoms with Gasteiger partial charge in [0.05, 0.1) is 11.3 Å². The van der Waals surface area contributed by atoms with Crippen molar-refractivity contribution in [3.05, 3.63) is 47.7 Å². The molecule has 0 saturated carbocycles. The van der Waals surface area contributed by atoms with Gasteiger partial charge in [0.15, 0.2) is 0 Å². The number of nitrogens with zero attached hydrogens (tertiary/aromatic N) is 3. The quantitative estimate of drug-likeness (QED) is 0.873. The average molecular weight is 238 g/mol. The van der Waals surface area contributed by atoms with E-state index in [4.69, 9.17) is 11.0 Å². The molecular weight excluding hydrogens is 224 g/mol. The molecule has 0 saturated heterocycles. The van der Waals surface area contributed by atoms with Gasteiger partial charge >= 0.3 is 0 Å². The largest absolute Gasteiger partial charge is 0.398 e. The van der Waals surface area contributed by atoms with E-state index in [0.717, 1.165) is 17.1 Å². The third kappa shape index (κ3) is 2.11. The maximum atomic E-state index is 9.09. The van der Waals surface area contributed by atoms with Crippen molar-refractivity contribution in [1.29, 1.82) is 5.26 Å². The molecule has 0 spiro atoms. The Kier molecular flexibility index (Phi) is 3.16. The van der Waals surface area contributed by atoms with Crippen molar-refractivity contribution in [3.63, 3.8) is 0 Å². The molecule has 0 aliphatic carbocycles. The summed E-state index contributed by atoms with van der Waals surface area (Å²) in [6.45, 7) is 1.91. The Morgan fingerprint density at radius 3 is 2.72 bits per heavy atom. The predicted molar refractivity (Wildman–Crippen MR) is 72.6 cm³/mol. The molecule has 1 aromatic heterocycles. The van der Waals surface area contributed by atoms with Crippen molar-refractivity contribution >= 4 is 17.2 Å². The lowest BCUT2D eigenvalue weighted by Gasteiger charge is -2.20. The van der Waals surface area contributed by atoms with E-state index >= 15 is 0 Å². The van der Waals surface area contributed by atoms with Crippen LogP contribution in [0.4, 0.5) is 17.2 Å². The molecule has 0 radical (unpaired) electrons. The molecule has 2 aromatic rings. The highest BCUT2D eigenvalue weighted by atomic mass is 15.2. The number of aromatic nitrogens is 1. The van der Waals surface area contributed by atoms with Gasteiger partial charge < -0.3 is 10.6 Å². The van der Waals surface area contributed by atoms with Gasteiger partial charge in [0.1, 0.15) is 11.9 Å². The molecule has 0 aliphatic rings. The van der Waals surface area contributed by atoms with Gasteiger partial charge in [0.25, 0.3) is 0 Å². The van der Waals surface area contributed by atoms with Crippen molar-refractivity contribution in [2.45, 2.75) is 6.92 Å². The maximum Gasteiger partial charge on any atom is 0.134 e. The minimum Gasteiger partial charge on any atom is -0.398 e. The van der Waals surface area contributed by atoms with Crippen molar-refractivity contribution < 1.29 is 0 Å². The van der Waals surface area contributed by atoms with Crippen LogP contribution in [0.5, 0.6) is 0 Å². The van der Waals surface area contributed by atoms with Crippen molar-refractivity contribution in [3.8, 4) is 6.07 Å². The molecule has 4 heteroatoms. The van der Waals surface area contributed by atoms with Crippen LogP contribution >= 0.6 is 0 Å². The van der Waals surface area contributed by atoms with Gasteiger partial charge in [0.2, 0.25) is 0 Å². The SMILES string of the molecule is Cc1cnc(N(C)c2ccccc2C#N)cc1N. The standard InChI is InChI=1S/C14H14N4/c1-10-9-17-14(7-12(10)16)18(2)13-6-4-3-5-11(13)8-15/h3-7,9H,1-2H3,(H2,16,17). The van der Waals surface area contributed by atoms with Crippen LogP contribution in [-0.2, 0) is 0 Å². The third-order valence-corrected chi connectivity index (χ3v) is 2.86. The molecule has 0 fully saturated rings. The fourth-order valence-electron chi connectivity index (χ4n) is 1.70. The van der Waals surface area contributed by atoms with Gasteiger partial charge in [-0.2, -0.15) is 5.26 Å². The zero-order valence-corrected chi connectivity index (χ0v) is 10.4. The summed E-state index contributed by atoms with van der Waals surface area (Å²) < 4.78 is 0. The topological polar surface area (TPSA) is 65.9 Å². The number of anilines is 3. The first-order chi connectivity index (χ1) is 8.63. The van der Waals surface area contributed by atoms with Gasteiger partial charge in [-0.05, 0) is 24.6 Å². The summed E-state index contributed by atoms with van der Waals surface area (Å²) in [7, 11) is 1.87. The first kappa shape index (κ1) is 11.9. The molecule has 0 aliphatic heterocycles. The number of para-hydroxylation sites is 1. The molecule has 0 atom stereocenters. The van der Waals surface area contributed by atoms with Gasteiger partial charge in [-0.25, -0.2) is 4.98 Å². The van der Waals surface area contributed by atoms with E-state index < -0.39 is 0 Å². The Morgan fingerprint density at radius 2 is 2.06 bits per heavy atom. The molecule has 0 bridgehead atoms. The summed E-state index contributed by atoms with van der Waals surface area (Å²) in [4.78, 5) is 6.18. The summed E-state index contributed by atoms with van der Waals surface area (Å²) >= 11 is 0. The lowest BCUT2D eigenvalue weighted by molar-refractivity contribution is 1.11. The minimum atomic E-state index is 0.612. The molecule has 1 aromatic carbocycles. The van der Waals surface area contributed by atoms with Crippen LogP contribution < -0.4 is 10.6 Å². The molecule has 1 heterocycles. The Bertz CT molecular complexity index is 613. The van der Waals surface area contributed by atoms with Crippen LogP contribution in [0.15, 0.2) is 36.5 Å². The first-order valence-electron chi connectivity index (χ1n) is 5.58. The van der Waals surface area contributed by atoms with E-state index in [9.17, 15) is 0 Å². The molecule has 90 valence electrons. The van der Waals surface area contributed by atoms with E-state index in [-0.39, 0.29) is 0 Å². The lowest BCUT2D eigenvalue weighted by atomic mass is 10.1. The highest BCUT2D eigenvalue weighted by Crippen LogP contribution is 2.26. The van der Waals surface area contributed by atoms with Crippen LogP contribution in [0.2, 0.25) is 0 Å². The molecule has 2 rings (SSSR count). The van der Waals surface area contributed by atoms with Gasteiger partial charge in [-0.1, -0.05) is 12.1 Å². The van der Waals surface area contributed by atoms with Crippen LogP contribution in [0.25, 0.3) is 0 Å². The Morgan fingerprint density at radius 1 is 1.33 bits per heavy atom. The van der Waals surface area contributed by atoms with Crippen LogP contribution in [0, 0.1) is 18.3 Å². The summed E-state index contributed by atoms with van der Waals surface area (Å²) in [5, 5.41) is 9.09. The van der Waals surface area contributed by atoms with E-state index in [1.165, 1.54) is 0 Å². The van der Waals surface area contributed by atoms with Gasteiger partial charge in [0, 0.05) is 25.0 Å². The fourth-order valence-corrected chi connectivity index (χ4v) is 1.70. The Labute approximate surface area is 106 Å². The van der Waals surface area contributed by atoms with Crippen LogP contribution in [0.1, 0.15) is 11.1 Å². The number of nitriles is 1. The lowest BCUT2D eigenvalue weighted by Crippen LogP contribution is -2.13. The number of aryl methyl sites for hydroxylation is 1. The zero-order chi connectivity index (χ0) is 13.1. The minimum absolute atomic E-state index is 0.612. The smallest absolute Gasteiger partial charge is 0.134 e. The number of rotatable bonds is 2. The molecular formula is C14H14N4. The monoisotopic (exact) mass is 238 g/mol. The van der Waals surface area contributed by atoms with Gasteiger partial charge in [-0.3, -0.25) is 0 Å². The summed E-state index contributed by atoms with van der Waals surface area (Å²) in [5.41, 5.74) is 8.94. The number of pyridine rings is 1. The van der Waals surface area contributed by atoms with E-state index in [2.05, 4.69) is 11.1 Å². The summed E-state index contributed by atoms with van der Waals surface area (Å²) in [6, 6.07) is 11.4. The summed E-state index contributed by atoms with van der Waals surface area (Å²) in [6.07, 6.45) is 1.73. The number of hydrogen-bond donors (Lipinski definition) is 1. The number of hydrogen-bond acceptors (Lipinski definition) is 4. The van der Waals surface area contributed by atoms with Crippen LogP contribution in [-0.4, -0.2) is 12.0 Å². The molecule has 18 heavy (non-hydrogen) atoms. The second-order valence-electron chi connectivity index (χ2n) is 4.09. The molecule has 0 amide bonds. The second kappa shape index (κ2) is 4.76. The van der Waals surface area contributed by atoms with Crippen LogP contribution in [0.3, 0.4) is 0 Å². The highest BCUT2D eigenvalue weighted by Gasteiger charge is 2.10. The normalized spacial score (nSPS) is 9.83. The Hall–Kier alpha value is -2.54. The van der Waals surface area contributed by atoms with E-state index in [1.54, 1.807) is 12.3 Å².